The molecule has 1 atom stereocenters. The first-order valence-electron chi connectivity index (χ1n) is 6.56. The third-order valence-corrected chi connectivity index (χ3v) is 3.83. The van der Waals surface area contributed by atoms with Crippen LogP contribution in [-0.4, -0.2) is 17.9 Å². The van der Waals surface area contributed by atoms with Crippen LogP contribution in [0, 0.1) is 9.39 Å². The zero-order valence-corrected chi connectivity index (χ0v) is 13.7. The van der Waals surface area contributed by atoms with Crippen LogP contribution in [-0.2, 0) is 11.2 Å². The van der Waals surface area contributed by atoms with Crippen molar-refractivity contribution in [2.24, 2.45) is 5.73 Å². The molecule has 0 aromatic heterocycles. The predicted octanol–water partition coefficient (Wildman–Crippen LogP) is 2.26. The predicted molar refractivity (Wildman–Crippen MR) is 89.7 cm³/mol. The van der Waals surface area contributed by atoms with Gasteiger partial charge in [-0.2, -0.15) is 0 Å². The highest BCUT2D eigenvalue weighted by Gasteiger charge is 2.19. The molecule has 0 aliphatic rings. The Balaban J connectivity index is 2.08. The smallest absolute Gasteiger partial charge is 0.251 e. The summed E-state index contributed by atoms with van der Waals surface area (Å²) in [5.41, 5.74) is 6.52. The van der Waals surface area contributed by atoms with Gasteiger partial charge in [0.1, 0.15) is 11.9 Å². The number of primary amides is 1. The molecule has 2 rings (SSSR count). The summed E-state index contributed by atoms with van der Waals surface area (Å²) in [6, 6.07) is 11.8. The van der Waals surface area contributed by atoms with E-state index in [1.807, 2.05) is 24.3 Å². The summed E-state index contributed by atoms with van der Waals surface area (Å²) in [4.78, 5) is 23.6. The molecule has 22 heavy (non-hydrogen) atoms. The summed E-state index contributed by atoms with van der Waals surface area (Å²) in [5, 5.41) is 2.58. The Labute approximate surface area is 141 Å². The van der Waals surface area contributed by atoms with Crippen LogP contribution in [0.4, 0.5) is 4.39 Å². The van der Waals surface area contributed by atoms with Crippen molar-refractivity contribution in [3.63, 3.8) is 0 Å². The Kier molecular flexibility index (Phi) is 5.48. The van der Waals surface area contributed by atoms with Gasteiger partial charge in [-0.25, -0.2) is 4.39 Å². The highest BCUT2D eigenvalue weighted by Crippen LogP contribution is 2.10. The molecule has 0 heterocycles. The Bertz CT molecular complexity index is 672. The first-order valence-corrected chi connectivity index (χ1v) is 7.64. The normalized spacial score (nSPS) is 11.7. The lowest BCUT2D eigenvalue weighted by Gasteiger charge is -2.15. The van der Waals surface area contributed by atoms with E-state index in [0.29, 0.717) is 6.42 Å². The number of amides is 2. The van der Waals surface area contributed by atoms with Gasteiger partial charge in [0, 0.05) is 15.6 Å². The third-order valence-electron chi connectivity index (χ3n) is 3.11. The maximum absolute atomic E-state index is 12.9. The molecule has 0 aliphatic carbocycles. The van der Waals surface area contributed by atoms with Crippen molar-refractivity contribution in [1.82, 2.24) is 5.32 Å². The zero-order chi connectivity index (χ0) is 16.1. The average molecular weight is 412 g/mol. The SMILES string of the molecule is NC(=O)[C@H](Cc1ccc(I)cc1)NC(=O)c1ccc(F)cc1. The van der Waals surface area contributed by atoms with Crippen LogP contribution in [0.15, 0.2) is 48.5 Å². The molecule has 0 saturated carbocycles. The van der Waals surface area contributed by atoms with Crippen molar-refractivity contribution in [3.05, 3.63) is 69.0 Å². The van der Waals surface area contributed by atoms with Gasteiger partial charge in [0.05, 0.1) is 0 Å². The molecule has 6 heteroatoms. The number of nitrogens with one attached hydrogen (secondary N) is 1. The van der Waals surface area contributed by atoms with E-state index in [1.54, 1.807) is 0 Å². The number of nitrogens with two attached hydrogens (primary N) is 1. The monoisotopic (exact) mass is 412 g/mol. The van der Waals surface area contributed by atoms with Crippen LogP contribution in [0.3, 0.4) is 0 Å². The zero-order valence-electron chi connectivity index (χ0n) is 11.6. The lowest BCUT2D eigenvalue weighted by molar-refractivity contribution is -0.119. The quantitative estimate of drug-likeness (QED) is 0.740. The fourth-order valence-electron chi connectivity index (χ4n) is 1.92. The Morgan fingerprint density at radius 1 is 1.09 bits per heavy atom. The van der Waals surface area contributed by atoms with Gasteiger partial charge < -0.3 is 11.1 Å². The van der Waals surface area contributed by atoms with E-state index in [1.165, 1.54) is 24.3 Å². The Hall–Kier alpha value is -1.96. The van der Waals surface area contributed by atoms with Crippen molar-refractivity contribution >= 4 is 34.4 Å². The van der Waals surface area contributed by atoms with E-state index in [2.05, 4.69) is 27.9 Å². The van der Waals surface area contributed by atoms with E-state index in [-0.39, 0.29) is 5.56 Å². The number of hydrogen-bond acceptors (Lipinski definition) is 2. The minimum absolute atomic E-state index is 0.273. The van der Waals surface area contributed by atoms with E-state index in [9.17, 15) is 14.0 Å². The molecule has 0 spiro atoms. The van der Waals surface area contributed by atoms with Gasteiger partial charge >= 0.3 is 0 Å². The molecule has 0 radical (unpaired) electrons. The number of hydrogen-bond donors (Lipinski definition) is 2. The maximum atomic E-state index is 12.9. The molecule has 3 N–H and O–H groups in total. The first kappa shape index (κ1) is 16.4. The average Bonchev–Trinajstić information content (AvgIpc) is 2.49. The van der Waals surface area contributed by atoms with E-state index in [4.69, 9.17) is 5.73 Å². The highest BCUT2D eigenvalue weighted by atomic mass is 127. The largest absolute Gasteiger partial charge is 0.368 e. The number of carbonyl (C=O) groups is 2. The molecule has 0 bridgehead atoms. The van der Waals surface area contributed by atoms with Crippen molar-refractivity contribution in [3.8, 4) is 0 Å². The highest BCUT2D eigenvalue weighted by molar-refractivity contribution is 14.1. The molecule has 0 unspecified atom stereocenters. The van der Waals surface area contributed by atoms with Gasteiger partial charge in [0.25, 0.3) is 5.91 Å². The third kappa shape index (κ3) is 4.52. The molecule has 0 fully saturated rings. The van der Waals surface area contributed by atoms with Crippen LogP contribution < -0.4 is 11.1 Å². The van der Waals surface area contributed by atoms with Gasteiger partial charge in [-0.05, 0) is 64.6 Å². The molecule has 2 aromatic carbocycles. The summed E-state index contributed by atoms with van der Waals surface area (Å²) >= 11 is 2.18. The van der Waals surface area contributed by atoms with Gasteiger partial charge in [-0.1, -0.05) is 12.1 Å². The second-order valence-electron chi connectivity index (χ2n) is 4.77. The molecule has 2 aromatic rings. The lowest BCUT2D eigenvalue weighted by atomic mass is 10.0. The molecular weight excluding hydrogens is 398 g/mol. The first-order chi connectivity index (χ1) is 10.5. The van der Waals surface area contributed by atoms with Gasteiger partial charge in [0.15, 0.2) is 0 Å². The van der Waals surface area contributed by atoms with Gasteiger partial charge in [-0.15, -0.1) is 0 Å². The van der Waals surface area contributed by atoms with Crippen LogP contribution in [0.5, 0.6) is 0 Å². The van der Waals surface area contributed by atoms with Crippen LogP contribution in [0.1, 0.15) is 15.9 Å². The number of carbonyl (C=O) groups excluding carboxylic acids is 2. The standard InChI is InChI=1S/C16H14FIN2O2/c17-12-5-3-11(4-6-12)16(22)20-14(15(19)21)9-10-1-7-13(18)8-2-10/h1-8,14H,9H2,(H2,19,21)(H,20,22)/t14-/m0/s1. The number of halogens is 2. The summed E-state index contributed by atoms with van der Waals surface area (Å²) in [5.74, 6) is -1.51. The molecular formula is C16H14FIN2O2. The van der Waals surface area contributed by atoms with Crippen molar-refractivity contribution in [2.75, 3.05) is 0 Å². The molecule has 4 nitrogen and oxygen atoms in total. The van der Waals surface area contributed by atoms with Crippen molar-refractivity contribution < 1.29 is 14.0 Å². The van der Waals surface area contributed by atoms with E-state index >= 15 is 0 Å². The van der Waals surface area contributed by atoms with Crippen molar-refractivity contribution in [1.29, 1.82) is 0 Å². The summed E-state index contributed by atoms with van der Waals surface area (Å²) in [6.45, 7) is 0. The van der Waals surface area contributed by atoms with Gasteiger partial charge in [0.2, 0.25) is 5.91 Å². The minimum atomic E-state index is -0.822. The fourth-order valence-corrected chi connectivity index (χ4v) is 2.28. The van der Waals surface area contributed by atoms with Crippen LogP contribution >= 0.6 is 22.6 Å². The van der Waals surface area contributed by atoms with Gasteiger partial charge in [-0.3, -0.25) is 9.59 Å². The minimum Gasteiger partial charge on any atom is -0.368 e. The van der Waals surface area contributed by atoms with Crippen molar-refractivity contribution in [2.45, 2.75) is 12.5 Å². The maximum Gasteiger partial charge on any atom is 0.251 e. The summed E-state index contributed by atoms with van der Waals surface area (Å²) in [7, 11) is 0. The molecule has 0 saturated heterocycles. The fraction of sp³-hybridized carbons (Fsp3) is 0.125. The summed E-state index contributed by atoms with van der Waals surface area (Å²) < 4.78 is 13.9. The Morgan fingerprint density at radius 3 is 2.23 bits per heavy atom. The molecule has 2 amide bonds. The topological polar surface area (TPSA) is 72.2 Å². The molecule has 114 valence electrons. The number of rotatable bonds is 5. The lowest BCUT2D eigenvalue weighted by Crippen LogP contribution is -2.45. The molecule has 0 aliphatic heterocycles. The second-order valence-corrected chi connectivity index (χ2v) is 6.01. The van der Waals surface area contributed by atoms with Crippen LogP contribution in [0.2, 0.25) is 0 Å². The van der Waals surface area contributed by atoms with E-state index < -0.39 is 23.7 Å². The summed E-state index contributed by atoms with van der Waals surface area (Å²) in [6.07, 6.45) is 0.305. The van der Waals surface area contributed by atoms with E-state index in [0.717, 1.165) is 9.13 Å². The Morgan fingerprint density at radius 2 is 1.68 bits per heavy atom. The second kappa shape index (κ2) is 7.35. The van der Waals surface area contributed by atoms with Crippen LogP contribution in [0.25, 0.3) is 0 Å². The number of benzene rings is 2.